The largest absolute Gasteiger partial charge is 0.497 e. The van der Waals surface area contributed by atoms with E-state index in [1.807, 2.05) is 25.2 Å². The highest BCUT2D eigenvalue weighted by atomic mass is 32.1. The first-order valence-corrected chi connectivity index (χ1v) is 7.97. The summed E-state index contributed by atoms with van der Waals surface area (Å²) in [4.78, 5) is 4.53. The summed E-state index contributed by atoms with van der Waals surface area (Å²) in [6.45, 7) is 4.69. The normalized spacial score (nSPS) is 12.2. The molecule has 2 rings (SSSR count). The average molecular weight is 306 g/mol. The van der Waals surface area contributed by atoms with Crippen molar-refractivity contribution >= 4 is 11.3 Å². The van der Waals surface area contributed by atoms with Crippen molar-refractivity contribution in [1.82, 2.24) is 10.3 Å². The van der Waals surface area contributed by atoms with Crippen LogP contribution >= 0.6 is 11.3 Å². The Morgan fingerprint density at radius 1 is 1.38 bits per heavy atom. The van der Waals surface area contributed by atoms with Gasteiger partial charge in [0.1, 0.15) is 18.1 Å². The van der Waals surface area contributed by atoms with E-state index in [1.54, 1.807) is 18.4 Å². The molecule has 1 N–H and O–H groups in total. The number of aromatic nitrogens is 1. The number of hydrogen-bond donors (Lipinski definition) is 1. The Bertz CT molecular complexity index is 583. The molecular formula is C16H22N2O2S. The van der Waals surface area contributed by atoms with Gasteiger partial charge in [-0.25, -0.2) is 4.98 Å². The molecule has 5 heteroatoms. The van der Waals surface area contributed by atoms with Gasteiger partial charge in [-0.3, -0.25) is 0 Å². The van der Waals surface area contributed by atoms with E-state index in [2.05, 4.69) is 29.5 Å². The second-order valence-corrected chi connectivity index (χ2v) is 5.73. The summed E-state index contributed by atoms with van der Waals surface area (Å²) in [7, 11) is 3.60. The van der Waals surface area contributed by atoms with Gasteiger partial charge in [-0.15, -0.1) is 11.3 Å². The first-order valence-electron chi connectivity index (χ1n) is 7.09. The van der Waals surface area contributed by atoms with E-state index in [0.29, 0.717) is 6.61 Å². The highest BCUT2D eigenvalue weighted by Crippen LogP contribution is 2.30. The minimum Gasteiger partial charge on any atom is -0.497 e. The maximum absolute atomic E-state index is 5.97. The van der Waals surface area contributed by atoms with Crippen LogP contribution in [0.3, 0.4) is 0 Å². The van der Waals surface area contributed by atoms with E-state index < -0.39 is 0 Å². The number of rotatable bonds is 7. The number of thiazole rings is 1. The topological polar surface area (TPSA) is 43.4 Å². The van der Waals surface area contributed by atoms with Gasteiger partial charge in [0.25, 0.3) is 0 Å². The molecule has 4 nitrogen and oxygen atoms in total. The van der Waals surface area contributed by atoms with E-state index in [4.69, 9.17) is 9.47 Å². The Morgan fingerprint density at radius 2 is 2.19 bits per heavy atom. The third-order valence-corrected chi connectivity index (χ3v) is 4.44. The lowest BCUT2D eigenvalue weighted by molar-refractivity contribution is 0.293. The first kappa shape index (κ1) is 15.8. The van der Waals surface area contributed by atoms with E-state index in [-0.39, 0.29) is 6.04 Å². The number of nitrogens with one attached hydrogen (secondary N) is 1. The molecule has 0 saturated heterocycles. The highest BCUT2D eigenvalue weighted by molar-refractivity contribution is 7.09. The van der Waals surface area contributed by atoms with Gasteiger partial charge in [-0.2, -0.15) is 0 Å². The van der Waals surface area contributed by atoms with Gasteiger partial charge in [0, 0.05) is 23.1 Å². The zero-order valence-corrected chi connectivity index (χ0v) is 13.8. The fraction of sp³-hybridized carbons (Fsp3) is 0.438. The summed E-state index contributed by atoms with van der Waals surface area (Å²) in [5, 5.41) is 6.43. The molecule has 0 fully saturated rings. The van der Waals surface area contributed by atoms with Gasteiger partial charge in [0.15, 0.2) is 0 Å². The molecule has 1 atom stereocenters. The summed E-state index contributed by atoms with van der Waals surface area (Å²) in [5.41, 5.74) is 2.09. The van der Waals surface area contributed by atoms with Crippen molar-refractivity contribution in [2.45, 2.75) is 32.9 Å². The standard InChI is InChI=1S/C16H22N2O2S/c1-5-16-18-12(10-21-16)9-20-15-8-13(19-4)6-7-14(15)11(2)17-3/h6-8,10-11,17H,5,9H2,1-4H3. The second kappa shape index (κ2) is 7.43. The number of methoxy groups -OCH3 is 1. The molecule has 1 heterocycles. The van der Waals surface area contributed by atoms with Gasteiger partial charge in [0.2, 0.25) is 0 Å². The van der Waals surface area contributed by atoms with Crippen LogP contribution in [-0.2, 0) is 13.0 Å². The molecule has 0 spiro atoms. The van der Waals surface area contributed by atoms with Crippen molar-refractivity contribution in [2.75, 3.05) is 14.2 Å². The smallest absolute Gasteiger partial charge is 0.131 e. The van der Waals surface area contributed by atoms with E-state index >= 15 is 0 Å². The lowest BCUT2D eigenvalue weighted by Gasteiger charge is -2.17. The first-order chi connectivity index (χ1) is 10.2. The van der Waals surface area contributed by atoms with Gasteiger partial charge in [-0.1, -0.05) is 13.0 Å². The highest BCUT2D eigenvalue weighted by Gasteiger charge is 2.12. The van der Waals surface area contributed by atoms with Crippen molar-refractivity contribution in [3.63, 3.8) is 0 Å². The lowest BCUT2D eigenvalue weighted by atomic mass is 10.1. The van der Waals surface area contributed by atoms with Crippen LogP contribution in [-0.4, -0.2) is 19.1 Å². The summed E-state index contributed by atoms with van der Waals surface area (Å²) < 4.78 is 11.3. The van der Waals surface area contributed by atoms with Crippen LogP contribution in [0.1, 0.15) is 36.2 Å². The van der Waals surface area contributed by atoms with Crippen LogP contribution in [0, 0.1) is 0 Å². The van der Waals surface area contributed by atoms with Gasteiger partial charge < -0.3 is 14.8 Å². The van der Waals surface area contributed by atoms with E-state index in [0.717, 1.165) is 34.2 Å². The van der Waals surface area contributed by atoms with Gasteiger partial charge in [0.05, 0.1) is 17.8 Å². The van der Waals surface area contributed by atoms with Crippen molar-refractivity contribution in [3.05, 3.63) is 39.8 Å². The Morgan fingerprint density at radius 3 is 2.81 bits per heavy atom. The van der Waals surface area contributed by atoms with Crippen molar-refractivity contribution in [3.8, 4) is 11.5 Å². The fourth-order valence-corrected chi connectivity index (χ4v) is 2.74. The molecule has 0 saturated carbocycles. The molecule has 0 radical (unpaired) electrons. The van der Waals surface area contributed by atoms with Crippen LogP contribution in [0.25, 0.3) is 0 Å². The molecule has 1 unspecified atom stereocenters. The van der Waals surface area contributed by atoms with Crippen LogP contribution < -0.4 is 14.8 Å². The lowest BCUT2D eigenvalue weighted by Crippen LogP contribution is -2.14. The predicted octanol–water partition coefficient (Wildman–Crippen LogP) is 3.57. The zero-order valence-electron chi connectivity index (χ0n) is 13.0. The quantitative estimate of drug-likeness (QED) is 0.849. The van der Waals surface area contributed by atoms with Crippen LogP contribution in [0.4, 0.5) is 0 Å². The molecule has 0 amide bonds. The maximum atomic E-state index is 5.97. The molecule has 1 aromatic heterocycles. The van der Waals surface area contributed by atoms with Crippen molar-refractivity contribution in [1.29, 1.82) is 0 Å². The van der Waals surface area contributed by atoms with Crippen LogP contribution in [0.15, 0.2) is 23.6 Å². The average Bonchev–Trinajstić information content (AvgIpc) is 3.00. The molecular weight excluding hydrogens is 284 g/mol. The Kier molecular flexibility index (Phi) is 5.59. The number of ether oxygens (including phenoxy) is 2. The van der Waals surface area contributed by atoms with Crippen LogP contribution in [0.2, 0.25) is 0 Å². The molecule has 1 aromatic carbocycles. The van der Waals surface area contributed by atoms with E-state index in [1.165, 1.54) is 0 Å². The monoisotopic (exact) mass is 306 g/mol. The molecule has 0 bridgehead atoms. The molecule has 0 aliphatic carbocycles. The number of hydrogen-bond acceptors (Lipinski definition) is 5. The molecule has 114 valence electrons. The summed E-state index contributed by atoms with van der Waals surface area (Å²) in [5.74, 6) is 1.63. The molecule has 0 aliphatic rings. The number of benzene rings is 1. The van der Waals surface area contributed by atoms with Crippen LogP contribution in [0.5, 0.6) is 11.5 Å². The minimum absolute atomic E-state index is 0.215. The summed E-state index contributed by atoms with van der Waals surface area (Å²) >= 11 is 1.68. The summed E-state index contributed by atoms with van der Waals surface area (Å²) in [6, 6.07) is 6.13. The zero-order chi connectivity index (χ0) is 15.2. The van der Waals surface area contributed by atoms with Crippen molar-refractivity contribution < 1.29 is 9.47 Å². The third-order valence-electron chi connectivity index (χ3n) is 3.40. The predicted molar refractivity (Wildman–Crippen MR) is 86.3 cm³/mol. The fourth-order valence-electron chi connectivity index (χ4n) is 2.01. The number of nitrogens with zero attached hydrogens (tertiary/aromatic N) is 1. The summed E-state index contributed by atoms with van der Waals surface area (Å²) in [6.07, 6.45) is 0.964. The molecule has 0 aliphatic heterocycles. The minimum atomic E-state index is 0.215. The Balaban J connectivity index is 2.16. The van der Waals surface area contributed by atoms with Gasteiger partial charge >= 0.3 is 0 Å². The Labute approximate surface area is 130 Å². The second-order valence-electron chi connectivity index (χ2n) is 4.79. The number of aryl methyl sites for hydroxylation is 1. The third kappa shape index (κ3) is 3.95. The van der Waals surface area contributed by atoms with Gasteiger partial charge in [-0.05, 0) is 26.5 Å². The molecule has 21 heavy (non-hydrogen) atoms. The molecule has 2 aromatic rings. The van der Waals surface area contributed by atoms with Crippen molar-refractivity contribution in [2.24, 2.45) is 0 Å². The Hall–Kier alpha value is -1.59. The maximum Gasteiger partial charge on any atom is 0.131 e. The van der Waals surface area contributed by atoms with E-state index in [9.17, 15) is 0 Å². The SMILES string of the molecule is CCc1nc(COc2cc(OC)ccc2C(C)NC)cs1.